The van der Waals surface area contributed by atoms with Gasteiger partial charge in [-0.15, -0.1) is 0 Å². The van der Waals surface area contributed by atoms with Crippen LogP contribution in [0.2, 0.25) is 0 Å². The Bertz CT molecular complexity index is 2420. The summed E-state index contributed by atoms with van der Waals surface area (Å²) in [5.41, 5.74) is 10.4. The molecular formula is C42H30IrN3O3. The van der Waals surface area contributed by atoms with E-state index in [0.29, 0.717) is 0 Å². The van der Waals surface area contributed by atoms with Crippen molar-refractivity contribution < 1.29 is 46.1 Å². The summed E-state index contributed by atoms with van der Waals surface area (Å²) in [6.45, 7) is 12.0. The molecule has 6 aromatic rings. The number of aromatic nitrogens is 3. The Labute approximate surface area is 296 Å². The molecule has 0 aliphatic heterocycles. The van der Waals surface area contributed by atoms with E-state index in [0.717, 1.165) is 66.7 Å². The molecule has 3 heterocycles. The van der Waals surface area contributed by atoms with Crippen LogP contribution in [-0.4, -0.2) is 0 Å². The van der Waals surface area contributed by atoms with Crippen LogP contribution in [0.5, 0.6) is 0 Å². The fourth-order valence-corrected chi connectivity index (χ4v) is 5.29. The van der Waals surface area contributed by atoms with E-state index >= 15 is 0 Å². The number of benzene rings is 3. The minimum absolute atomic E-state index is 0. The number of oxazole rings is 3. The fraction of sp³-hybridized carbons (Fsp3) is 0. The third-order valence-electron chi connectivity index (χ3n) is 7.64. The Balaban J connectivity index is 0.000000126. The third-order valence-corrected chi connectivity index (χ3v) is 7.64. The van der Waals surface area contributed by atoms with Crippen LogP contribution in [0.15, 0.2) is 141 Å². The van der Waals surface area contributed by atoms with Gasteiger partial charge in [-0.3, -0.25) is 18.2 Å². The minimum Gasteiger partial charge on any atom is -0.487 e. The molecule has 9 rings (SSSR count). The summed E-state index contributed by atoms with van der Waals surface area (Å²) in [7, 11) is 0. The zero-order valence-electron chi connectivity index (χ0n) is 26.4. The molecule has 0 atom stereocenters. The number of nitrogens with zero attached hydrogens (tertiary/aromatic N) is 3. The molecule has 240 valence electrons. The SMILES string of the molecule is C=[n+]1/c(=C2\[C-]=CC=C[CH-]2)oc2ccccc21.C=[n+]1/c(=C2\[C-]=CC=C[CH-]2)oc2ccccc21.C=[n+]1/c(=C2\[C-]=CC=C[CH-]2)oc2ccccc21.[Ir+3]. The second-order valence-electron chi connectivity index (χ2n) is 10.7. The molecule has 49 heavy (non-hydrogen) atoms. The van der Waals surface area contributed by atoms with E-state index in [9.17, 15) is 0 Å². The molecule has 0 saturated heterocycles. The van der Waals surface area contributed by atoms with Crippen molar-refractivity contribution in [1.29, 1.82) is 0 Å². The van der Waals surface area contributed by atoms with Crippen LogP contribution in [0.1, 0.15) is 0 Å². The van der Waals surface area contributed by atoms with E-state index in [2.05, 4.69) is 38.4 Å². The van der Waals surface area contributed by atoms with Crippen LogP contribution < -0.4 is 29.4 Å². The first-order chi connectivity index (χ1) is 23.6. The molecule has 7 heteroatoms. The maximum absolute atomic E-state index is 5.75. The van der Waals surface area contributed by atoms with Gasteiger partial charge in [0.15, 0.2) is 16.7 Å². The molecule has 6 nitrogen and oxygen atoms in total. The summed E-state index contributed by atoms with van der Waals surface area (Å²) in [4.78, 5) is 0. The minimum atomic E-state index is 0. The van der Waals surface area contributed by atoms with Crippen LogP contribution in [0.25, 0.3) is 50.0 Å². The molecule has 0 radical (unpaired) electrons. The van der Waals surface area contributed by atoms with Gasteiger partial charge in [0.1, 0.15) is 20.2 Å². The smallest absolute Gasteiger partial charge is 0.487 e. The topological polar surface area (TPSA) is 57.1 Å². The Hall–Kier alpha value is -6.01. The van der Waals surface area contributed by atoms with E-state index in [1.165, 1.54) is 0 Å². The van der Waals surface area contributed by atoms with Gasteiger partial charge in [-0.25, -0.2) is 86.7 Å². The van der Waals surface area contributed by atoms with Gasteiger partial charge in [0, 0.05) is 18.2 Å². The maximum atomic E-state index is 5.75. The molecule has 3 aliphatic carbocycles. The molecule has 3 aromatic carbocycles. The summed E-state index contributed by atoms with van der Waals surface area (Å²) in [6.07, 6.45) is 32.5. The zero-order chi connectivity index (χ0) is 32.9. The molecule has 0 fully saturated rings. The first-order valence-electron chi connectivity index (χ1n) is 15.2. The Morgan fingerprint density at radius 3 is 0.980 bits per heavy atom. The van der Waals surface area contributed by atoms with Crippen LogP contribution in [0.3, 0.4) is 0 Å². The van der Waals surface area contributed by atoms with Gasteiger partial charge in [-0.1, -0.05) is 36.4 Å². The number of hydrogen-bond donors (Lipinski definition) is 0. The van der Waals surface area contributed by atoms with Crippen LogP contribution in [0, 0.1) is 57.6 Å². The van der Waals surface area contributed by atoms with Crippen molar-refractivity contribution in [3.63, 3.8) is 0 Å². The molecule has 0 unspecified atom stereocenters. The number of hydrogen-bond acceptors (Lipinski definition) is 3. The van der Waals surface area contributed by atoms with E-state index in [4.69, 9.17) is 13.3 Å². The summed E-state index contributed by atoms with van der Waals surface area (Å²) in [5, 5.41) is 0. The van der Waals surface area contributed by atoms with Crippen molar-refractivity contribution in [2.24, 2.45) is 0 Å². The largest absolute Gasteiger partial charge is 3.00 e. The number of allylic oxidation sites excluding steroid dienone is 12. The second kappa shape index (κ2) is 14.8. The molecule has 3 aliphatic rings. The maximum Gasteiger partial charge on any atom is 3.00 e. The summed E-state index contributed by atoms with van der Waals surface area (Å²) in [5.74, 6) is 0. The van der Waals surface area contributed by atoms with Crippen LogP contribution in [0.4, 0.5) is 0 Å². The van der Waals surface area contributed by atoms with Crippen molar-refractivity contribution in [2.45, 2.75) is 0 Å². The summed E-state index contributed by atoms with van der Waals surface area (Å²) < 4.78 is 22.6. The van der Waals surface area contributed by atoms with Gasteiger partial charge in [0.25, 0.3) is 0 Å². The monoisotopic (exact) mass is 817 g/mol. The van der Waals surface area contributed by atoms with E-state index < -0.39 is 0 Å². The van der Waals surface area contributed by atoms with E-state index in [-0.39, 0.29) is 20.1 Å². The zero-order valence-corrected chi connectivity index (χ0v) is 28.8. The summed E-state index contributed by atoms with van der Waals surface area (Å²) in [6, 6.07) is 23.5. The van der Waals surface area contributed by atoms with Crippen molar-refractivity contribution >= 4 is 50.0 Å². The van der Waals surface area contributed by atoms with Crippen molar-refractivity contribution in [1.82, 2.24) is 0 Å². The molecule has 0 spiro atoms. The Morgan fingerprint density at radius 1 is 0.449 bits per heavy atom. The number of rotatable bonds is 0. The van der Waals surface area contributed by atoms with Crippen LogP contribution >= 0.6 is 0 Å². The average molecular weight is 817 g/mol. The van der Waals surface area contributed by atoms with Gasteiger partial charge in [-0.2, -0.15) is 16.7 Å². The van der Waals surface area contributed by atoms with Gasteiger partial charge in [0.2, 0.25) is 33.2 Å². The Kier molecular flexibility index (Phi) is 9.96. The fourth-order valence-electron chi connectivity index (χ4n) is 5.29. The molecule has 0 saturated carbocycles. The molecular weight excluding hydrogens is 787 g/mol. The van der Waals surface area contributed by atoms with Gasteiger partial charge >= 0.3 is 20.1 Å². The van der Waals surface area contributed by atoms with E-state index in [1.807, 2.05) is 147 Å². The molecule has 0 N–H and O–H groups in total. The van der Waals surface area contributed by atoms with Crippen molar-refractivity contribution in [2.75, 3.05) is 0 Å². The quantitative estimate of drug-likeness (QED) is 0.162. The van der Waals surface area contributed by atoms with Gasteiger partial charge in [-0.05, 0) is 18.2 Å². The second-order valence-corrected chi connectivity index (χ2v) is 10.7. The van der Waals surface area contributed by atoms with Crippen molar-refractivity contribution in [3.8, 4) is 0 Å². The molecule has 3 aromatic heterocycles. The predicted octanol–water partition coefficient (Wildman–Crippen LogP) is 4.93. The third kappa shape index (κ3) is 6.85. The first-order valence-corrected chi connectivity index (χ1v) is 15.2. The summed E-state index contributed by atoms with van der Waals surface area (Å²) >= 11 is 0. The average Bonchev–Trinajstić information content (AvgIpc) is 3.80. The standard InChI is InChI=1S/3C14H10NO.Ir/c3*1-15-12-9-5-6-10-13(12)16-14(15)11-7-3-2-4-8-11;/h3*2-7,9-10H,1H2;/q3*-1;+3/b3*14-11+;. The predicted molar refractivity (Wildman–Crippen MR) is 184 cm³/mol. The molecule has 0 amide bonds. The van der Waals surface area contributed by atoms with Gasteiger partial charge < -0.3 is 13.3 Å². The number of fused-ring (bicyclic) bond motifs is 3. The Morgan fingerprint density at radius 2 is 0.735 bits per heavy atom. The number of para-hydroxylation sites is 6. The van der Waals surface area contributed by atoms with Crippen LogP contribution in [-0.2, 0) is 20.1 Å². The normalized spacial score (nSPS) is 17.4. The molecule has 0 bridgehead atoms. The van der Waals surface area contributed by atoms with Crippen molar-refractivity contribution in [3.05, 3.63) is 202 Å². The van der Waals surface area contributed by atoms with E-state index in [1.54, 1.807) is 12.7 Å². The van der Waals surface area contributed by atoms with Gasteiger partial charge in [0.05, 0.1) is 0 Å². The first kappa shape index (κ1) is 32.9.